The molecule has 0 aliphatic rings. The minimum atomic E-state index is -3.86. The second-order valence-corrected chi connectivity index (χ2v) is 5.64. The van der Waals surface area contributed by atoms with Crippen molar-refractivity contribution in [1.82, 2.24) is 4.98 Å². The molecule has 0 unspecified atom stereocenters. The summed E-state index contributed by atoms with van der Waals surface area (Å²) in [5.74, 6) is -0.737. The van der Waals surface area contributed by atoms with E-state index in [4.69, 9.17) is 5.73 Å². The molecule has 0 saturated carbocycles. The highest BCUT2D eigenvalue weighted by molar-refractivity contribution is 7.92. The molecule has 0 amide bonds. The maximum Gasteiger partial charge on any atom is 0.262 e. The van der Waals surface area contributed by atoms with Crippen molar-refractivity contribution in [2.75, 3.05) is 10.5 Å². The van der Waals surface area contributed by atoms with Gasteiger partial charge in [0.15, 0.2) is 5.82 Å². The Bertz CT molecular complexity index is 717. The van der Waals surface area contributed by atoms with E-state index in [1.54, 1.807) is 6.92 Å². The molecule has 3 N–H and O–H groups in total. The van der Waals surface area contributed by atoms with Gasteiger partial charge in [0.25, 0.3) is 10.0 Å². The van der Waals surface area contributed by atoms with E-state index in [9.17, 15) is 12.8 Å². The monoisotopic (exact) mass is 281 g/mol. The zero-order valence-electron chi connectivity index (χ0n) is 10.1. The third-order valence-corrected chi connectivity index (χ3v) is 4.03. The number of nitrogen functional groups attached to an aromatic ring is 1. The van der Waals surface area contributed by atoms with Gasteiger partial charge in [-0.2, -0.15) is 0 Å². The van der Waals surface area contributed by atoms with E-state index in [0.29, 0.717) is 11.3 Å². The number of nitrogens with zero attached hydrogens (tertiary/aromatic N) is 1. The fourth-order valence-corrected chi connectivity index (χ4v) is 2.93. The van der Waals surface area contributed by atoms with Gasteiger partial charge in [0, 0.05) is 11.9 Å². The maximum atomic E-state index is 13.4. The fourth-order valence-electron chi connectivity index (χ4n) is 1.63. The van der Waals surface area contributed by atoms with E-state index < -0.39 is 15.8 Å². The predicted molar refractivity (Wildman–Crippen MR) is 70.6 cm³/mol. The zero-order chi connectivity index (χ0) is 14.0. The number of hydrogen-bond acceptors (Lipinski definition) is 4. The summed E-state index contributed by atoms with van der Waals surface area (Å²) < 4.78 is 39.9. The first kappa shape index (κ1) is 13.3. The van der Waals surface area contributed by atoms with Crippen LogP contribution in [0.3, 0.4) is 0 Å². The third kappa shape index (κ3) is 2.82. The first-order valence-corrected chi connectivity index (χ1v) is 6.87. The number of hydrogen-bond donors (Lipinski definition) is 2. The van der Waals surface area contributed by atoms with Crippen molar-refractivity contribution in [2.45, 2.75) is 11.8 Å². The van der Waals surface area contributed by atoms with Crippen molar-refractivity contribution in [3.8, 4) is 0 Å². The van der Waals surface area contributed by atoms with Crippen LogP contribution in [0.1, 0.15) is 5.56 Å². The van der Waals surface area contributed by atoms with Gasteiger partial charge in [-0.15, -0.1) is 0 Å². The van der Waals surface area contributed by atoms with Crippen LogP contribution in [0.4, 0.5) is 15.8 Å². The van der Waals surface area contributed by atoms with Crippen LogP contribution in [0.25, 0.3) is 0 Å². The van der Waals surface area contributed by atoms with Crippen LogP contribution >= 0.6 is 0 Å². The molecule has 0 bridgehead atoms. The highest BCUT2D eigenvalue weighted by Crippen LogP contribution is 2.22. The van der Waals surface area contributed by atoms with E-state index >= 15 is 0 Å². The quantitative estimate of drug-likeness (QED) is 0.842. The lowest BCUT2D eigenvalue weighted by molar-refractivity contribution is 0.597. The molecule has 2 aromatic rings. The summed E-state index contributed by atoms with van der Waals surface area (Å²) in [6, 6.07) is 5.65. The highest BCUT2D eigenvalue weighted by Gasteiger charge is 2.18. The van der Waals surface area contributed by atoms with E-state index in [-0.39, 0.29) is 10.6 Å². The molecule has 100 valence electrons. The molecular formula is C12H12FN3O2S. The Kier molecular flexibility index (Phi) is 3.39. The summed E-state index contributed by atoms with van der Waals surface area (Å²) in [6.07, 6.45) is 2.24. The van der Waals surface area contributed by atoms with Gasteiger partial charge in [0.05, 0.1) is 16.8 Å². The van der Waals surface area contributed by atoms with Gasteiger partial charge in [-0.25, -0.2) is 12.8 Å². The third-order valence-electron chi connectivity index (χ3n) is 2.51. The van der Waals surface area contributed by atoms with Crippen LogP contribution in [0, 0.1) is 12.7 Å². The summed E-state index contributed by atoms with van der Waals surface area (Å²) in [7, 11) is -3.86. The maximum absolute atomic E-state index is 13.4. The van der Waals surface area contributed by atoms with Crippen LogP contribution in [0.2, 0.25) is 0 Å². The Hall–Kier alpha value is -2.15. The first-order valence-electron chi connectivity index (χ1n) is 5.38. The fraction of sp³-hybridized carbons (Fsp3) is 0.0833. The molecule has 1 aromatic carbocycles. The molecule has 5 nitrogen and oxygen atoms in total. The van der Waals surface area contributed by atoms with Crippen LogP contribution in [-0.4, -0.2) is 13.4 Å². The summed E-state index contributed by atoms with van der Waals surface area (Å²) in [5, 5.41) is 0. The molecule has 0 atom stereocenters. The van der Waals surface area contributed by atoms with Gasteiger partial charge in [0.1, 0.15) is 0 Å². The normalized spacial score (nSPS) is 11.3. The molecule has 19 heavy (non-hydrogen) atoms. The molecule has 1 aromatic heterocycles. The molecular weight excluding hydrogens is 269 g/mol. The Balaban J connectivity index is 2.41. The van der Waals surface area contributed by atoms with Crippen LogP contribution in [0.15, 0.2) is 41.6 Å². The van der Waals surface area contributed by atoms with Gasteiger partial charge < -0.3 is 5.73 Å². The number of anilines is 2. The van der Waals surface area contributed by atoms with Gasteiger partial charge in [0.2, 0.25) is 0 Å². The summed E-state index contributed by atoms with van der Waals surface area (Å²) in [6.45, 7) is 1.62. The van der Waals surface area contributed by atoms with Crippen LogP contribution in [-0.2, 0) is 10.0 Å². The van der Waals surface area contributed by atoms with Gasteiger partial charge in [-0.1, -0.05) is 0 Å². The molecule has 2 rings (SSSR count). The van der Waals surface area contributed by atoms with Crippen molar-refractivity contribution in [3.63, 3.8) is 0 Å². The van der Waals surface area contributed by atoms with E-state index in [0.717, 1.165) is 6.20 Å². The number of nitrogens with one attached hydrogen (secondary N) is 1. The van der Waals surface area contributed by atoms with Crippen molar-refractivity contribution in [1.29, 1.82) is 0 Å². The topological polar surface area (TPSA) is 85.1 Å². The lowest BCUT2D eigenvalue weighted by Gasteiger charge is -2.11. The Labute approximate surface area is 110 Å². The number of sulfonamides is 1. The largest absolute Gasteiger partial charge is 0.399 e. The molecule has 0 radical (unpaired) electrons. The van der Waals surface area contributed by atoms with E-state index in [2.05, 4.69) is 9.71 Å². The smallest absolute Gasteiger partial charge is 0.262 e. The highest BCUT2D eigenvalue weighted by atomic mass is 32.2. The summed E-state index contributed by atoms with van der Waals surface area (Å²) in [4.78, 5) is 3.60. The number of aryl methyl sites for hydroxylation is 1. The Morgan fingerprint density at radius 3 is 2.68 bits per heavy atom. The average Bonchev–Trinajstić information content (AvgIpc) is 2.31. The Morgan fingerprint density at radius 1 is 1.32 bits per heavy atom. The number of rotatable bonds is 3. The molecule has 0 fully saturated rings. The van der Waals surface area contributed by atoms with E-state index in [1.807, 2.05) is 0 Å². The molecule has 0 aliphatic carbocycles. The number of nitrogens with two attached hydrogens (primary N) is 1. The van der Waals surface area contributed by atoms with Gasteiger partial charge in [-0.05, 0) is 36.8 Å². The zero-order valence-corrected chi connectivity index (χ0v) is 10.9. The molecule has 0 saturated heterocycles. The summed E-state index contributed by atoms with van der Waals surface area (Å²) in [5.41, 5.74) is 6.37. The molecule has 0 spiro atoms. The second kappa shape index (κ2) is 4.85. The number of halogens is 1. The number of aromatic nitrogens is 1. The van der Waals surface area contributed by atoms with Crippen molar-refractivity contribution in [3.05, 3.63) is 48.0 Å². The summed E-state index contributed by atoms with van der Waals surface area (Å²) >= 11 is 0. The molecule has 7 heteroatoms. The first-order chi connectivity index (χ1) is 8.90. The lowest BCUT2D eigenvalue weighted by Crippen LogP contribution is -2.15. The van der Waals surface area contributed by atoms with Crippen molar-refractivity contribution < 1.29 is 12.8 Å². The standard InChI is InChI=1S/C12H12FN3O2S/c1-8-6-9(14)2-3-12(8)19(17,18)16-11-4-5-15-7-10(11)13/h2-7H,14H2,1H3,(H,15,16). The lowest BCUT2D eigenvalue weighted by atomic mass is 10.2. The molecule has 1 heterocycles. The molecule has 0 aliphatic heterocycles. The SMILES string of the molecule is Cc1cc(N)ccc1S(=O)(=O)Nc1ccncc1F. The van der Waals surface area contributed by atoms with Crippen molar-refractivity contribution in [2.24, 2.45) is 0 Å². The number of pyridine rings is 1. The Morgan fingerprint density at radius 2 is 2.05 bits per heavy atom. The van der Waals surface area contributed by atoms with Crippen LogP contribution in [0.5, 0.6) is 0 Å². The van der Waals surface area contributed by atoms with Crippen molar-refractivity contribution >= 4 is 21.4 Å². The van der Waals surface area contributed by atoms with Crippen LogP contribution < -0.4 is 10.5 Å². The minimum Gasteiger partial charge on any atom is -0.399 e. The van der Waals surface area contributed by atoms with Gasteiger partial charge in [-0.3, -0.25) is 9.71 Å². The average molecular weight is 281 g/mol. The van der Waals surface area contributed by atoms with Gasteiger partial charge >= 0.3 is 0 Å². The number of benzene rings is 1. The predicted octanol–water partition coefficient (Wildman–Crippen LogP) is 1.91. The second-order valence-electron chi connectivity index (χ2n) is 3.99. The minimum absolute atomic E-state index is 0.0536. The van der Waals surface area contributed by atoms with E-state index in [1.165, 1.54) is 30.5 Å².